The van der Waals surface area contributed by atoms with Crippen molar-refractivity contribution in [3.8, 4) is 5.75 Å². The Hall–Kier alpha value is -3.14. The van der Waals surface area contributed by atoms with Crippen LogP contribution in [0.3, 0.4) is 0 Å². The van der Waals surface area contributed by atoms with E-state index in [0.717, 1.165) is 11.1 Å². The van der Waals surface area contributed by atoms with Gasteiger partial charge in [0.2, 0.25) is 11.7 Å². The largest absolute Gasteiger partial charge is 0.497 e. The highest BCUT2D eigenvalue weighted by Crippen LogP contribution is 2.16. The molecular weight excluding hydrogens is 452 g/mol. The van der Waals surface area contributed by atoms with Crippen molar-refractivity contribution in [3.63, 3.8) is 0 Å². The predicted octanol–water partition coefficient (Wildman–Crippen LogP) is 1.83. The molecule has 4 amide bonds. The number of ketones is 1. The van der Waals surface area contributed by atoms with E-state index in [1.807, 2.05) is 32.9 Å². The summed E-state index contributed by atoms with van der Waals surface area (Å²) in [5.74, 6) is -1.27. The Morgan fingerprint density at radius 1 is 0.971 bits per heavy atom. The molecule has 2 atom stereocenters. The van der Waals surface area contributed by atoms with Crippen LogP contribution in [-0.2, 0) is 25.7 Å². The molecule has 0 spiro atoms. The van der Waals surface area contributed by atoms with Crippen LogP contribution in [-0.4, -0.2) is 63.1 Å². The van der Waals surface area contributed by atoms with E-state index in [0.29, 0.717) is 31.7 Å². The van der Waals surface area contributed by atoms with Crippen LogP contribution in [0.25, 0.3) is 0 Å². The molecule has 4 N–H and O–H groups in total. The highest BCUT2D eigenvalue weighted by atomic mass is 16.5. The first kappa shape index (κ1) is 29.9. The molecule has 0 saturated carbocycles. The fraction of sp³-hybridized carbons (Fsp3) is 0.600. The van der Waals surface area contributed by atoms with Crippen LogP contribution < -0.4 is 26.0 Å². The minimum Gasteiger partial charge on any atom is -0.497 e. The van der Waals surface area contributed by atoms with Gasteiger partial charge in [-0.1, -0.05) is 26.8 Å². The number of hydrogen-bond acceptors (Lipinski definition) is 6. The minimum absolute atomic E-state index is 0.116. The van der Waals surface area contributed by atoms with Gasteiger partial charge in [-0.25, -0.2) is 4.79 Å². The smallest absolute Gasteiger partial charge is 0.315 e. The van der Waals surface area contributed by atoms with Gasteiger partial charge in [-0.2, -0.15) is 0 Å². The maximum absolute atomic E-state index is 12.9. The standard InChI is InChI=1S/C25H40N4O6/c1-7-20(22(30)24(32)27-15-18-12-17(4)13-19(14-18)35-6)28-23(31)21(11-16(2)3)29-25(33)26-9-8-10-34-5/h12-14,16,20-21H,7-11,15H2,1-6H3,(H,27,32)(H,28,31)(H2,26,29,33)/t20?,21-/m0/s1. The van der Waals surface area contributed by atoms with Gasteiger partial charge in [-0.3, -0.25) is 14.4 Å². The van der Waals surface area contributed by atoms with Crippen molar-refractivity contribution >= 4 is 23.6 Å². The molecule has 1 aromatic carbocycles. The quantitative estimate of drug-likeness (QED) is 0.218. The number of hydrogen-bond donors (Lipinski definition) is 4. The van der Waals surface area contributed by atoms with E-state index in [2.05, 4.69) is 21.3 Å². The van der Waals surface area contributed by atoms with E-state index in [1.54, 1.807) is 27.2 Å². The molecule has 1 rings (SSSR count). The van der Waals surface area contributed by atoms with Gasteiger partial charge in [0.1, 0.15) is 11.8 Å². The zero-order chi connectivity index (χ0) is 26.4. The second-order valence-corrected chi connectivity index (χ2v) is 8.80. The number of methoxy groups -OCH3 is 2. The summed E-state index contributed by atoms with van der Waals surface area (Å²) in [6.45, 7) is 8.52. The zero-order valence-electron chi connectivity index (χ0n) is 21.7. The van der Waals surface area contributed by atoms with Crippen molar-refractivity contribution in [2.45, 2.75) is 65.6 Å². The highest BCUT2D eigenvalue weighted by Gasteiger charge is 2.29. The first-order valence-electron chi connectivity index (χ1n) is 11.9. The van der Waals surface area contributed by atoms with Crippen LogP contribution in [0.15, 0.2) is 18.2 Å². The van der Waals surface area contributed by atoms with Gasteiger partial charge in [0.15, 0.2) is 0 Å². The fourth-order valence-corrected chi connectivity index (χ4v) is 3.43. The van der Waals surface area contributed by atoms with Crippen LogP contribution in [0.4, 0.5) is 4.79 Å². The molecule has 10 nitrogen and oxygen atoms in total. The summed E-state index contributed by atoms with van der Waals surface area (Å²) >= 11 is 0. The maximum Gasteiger partial charge on any atom is 0.315 e. The molecule has 0 radical (unpaired) electrons. The van der Waals surface area contributed by atoms with Crippen LogP contribution in [0.5, 0.6) is 5.75 Å². The second-order valence-electron chi connectivity index (χ2n) is 8.80. The number of carbonyl (C=O) groups is 4. The molecule has 1 aromatic rings. The number of aryl methyl sites for hydroxylation is 1. The van der Waals surface area contributed by atoms with Gasteiger partial charge in [0.25, 0.3) is 5.91 Å². The fourth-order valence-electron chi connectivity index (χ4n) is 3.43. The molecule has 0 aliphatic rings. The van der Waals surface area contributed by atoms with Crippen molar-refractivity contribution < 1.29 is 28.7 Å². The van der Waals surface area contributed by atoms with Crippen molar-refractivity contribution in [1.29, 1.82) is 0 Å². The molecular formula is C25H40N4O6. The van der Waals surface area contributed by atoms with E-state index in [-0.39, 0.29) is 18.9 Å². The Kier molecular flexibility index (Phi) is 13.4. The summed E-state index contributed by atoms with van der Waals surface area (Å²) in [6.07, 6.45) is 1.25. The van der Waals surface area contributed by atoms with Crippen molar-refractivity contribution in [1.82, 2.24) is 21.3 Å². The van der Waals surface area contributed by atoms with Crippen LogP contribution in [0.1, 0.15) is 51.2 Å². The third kappa shape index (κ3) is 11.2. The van der Waals surface area contributed by atoms with E-state index >= 15 is 0 Å². The highest BCUT2D eigenvalue weighted by molar-refractivity contribution is 6.38. The third-order valence-electron chi connectivity index (χ3n) is 5.20. The lowest BCUT2D eigenvalue weighted by molar-refractivity contribution is -0.140. The number of carbonyl (C=O) groups excluding carboxylic acids is 4. The third-order valence-corrected chi connectivity index (χ3v) is 5.20. The molecule has 0 bridgehead atoms. The summed E-state index contributed by atoms with van der Waals surface area (Å²) in [5, 5.41) is 10.6. The van der Waals surface area contributed by atoms with E-state index < -0.39 is 35.7 Å². The molecule has 0 fully saturated rings. The van der Waals surface area contributed by atoms with E-state index in [4.69, 9.17) is 9.47 Å². The molecule has 196 valence electrons. The second kappa shape index (κ2) is 15.7. The van der Waals surface area contributed by atoms with Crippen molar-refractivity contribution in [2.75, 3.05) is 27.4 Å². The van der Waals surface area contributed by atoms with Crippen molar-refractivity contribution in [2.24, 2.45) is 5.92 Å². The van der Waals surface area contributed by atoms with Gasteiger partial charge in [0, 0.05) is 26.8 Å². The van der Waals surface area contributed by atoms with Gasteiger partial charge < -0.3 is 30.7 Å². The molecule has 10 heteroatoms. The first-order chi connectivity index (χ1) is 16.6. The number of urea groups is 1. The molecule has 0 heterocycles. The number of ether oxygens (including phenoxy) is 2. The predicted molar refractivity (Wildman–Crippen MR) is 133 cm³/mol. The molecule has 35 heavy (non-hydrogen) atoms. The summed E-state index contributed by atoms with van der Waals surface area (Å²) in [4.78, 5) is 50.3. The molecule has 0 aromatic heterocycles. The van der Waals surface area contributed by atoms with E-state index in [1.165, 1.54) is 0 Å². The monoisotopic (exact) mass is 492 g/mol. The maximum atomic E-state index is 12.9. The Labute approximate surface area is 207 Å². The SMILES string of the molecule is CCC(NC(=O)[C@H](CC(C)C)NC(=O)NCCCOC)C(=O)C(=O)NCc1cc(C)cc(OC)c1. The Bertz CT molecular complexity index is 858. The number of rotatable bonds is 15. The lowest BCUT2D eigenvalue weighted by atomic mass is 10.0. The molecule has 1 unspecified atom stereocenters. The zero-order valence-corrected chi connectivity index (χ0v) is 21.7. The summed E-state index contributed by atoms with van der Waals surface area (Å²) in [5.41, 5.74) is 1.75. The van der Waals surface area contributed by atoms with Gasteiger partial charge in [-0.15, -0.1) is 0 Å². The minimum atomic E-state index is -1.00. The lowest BCUT2D eigenvalue weighted by Crippen LogP contribution is -2.55. The lowest BCUT2D eigenvalue weighted by Gasteiger charge is -2.23. The summed E-state index contributed by atoms with van der Waals surface area (Å²) < 4.78 is 10.2. The molecule has 0 aliphatic heterocycles. The Balaban J connectivity index is 2.73. The normalized spacial score (nSPS) is 12.4. The average molecular weight is 493 g/mol. The number of nitrogens with one attached hydrogen (secondary N) is 4. The van der Waals surface area contributed by atoms with Crippen molar-refractivity contribution in [3.05, 3.63) is 29.3 Å². The first-order valence-corrected chi connectivity index (χ1v) is 11.9. The Morgan fingerprint density at radius 2 is 1.69 bits per heavy atom. The topological polar surface area (TPSA) is 135 Å². The number of benzene rings is 1. The van der Waals surface area contributed by atoms with Gasteiger partial charge in [-0.05, 0) is 55.4 Å². The van der Waals surface area contributed by atoms with Crippen LogP contribution in [0.2, 0.25) is 0 Å². The van der Waals surface area contributed by atoms with Crippen LogP contribution >= 0.6 is 0 Å². The van der Waals surface area contributed by atoms with E-state index in [9.17, 15) is 19.2 Å². The summed E-state index contributed by atoms with van der Waals surface area (Å²) in [7, 11) is 3.14. The summed E-state index contributed by atoms with van der Waals surface area (Å²) in [6, 6.07) is 3.19. The van der Waals surface area contributed by atoms with Gasteiger partial charge in [0.05, 0.1) is 13.2 Å². The van der Waals surface area contributed by atoms with Crippen LogP contribution in [0, 0.1) is 12.8 Å². The number of Topliss-reactive ketones (excluding diaryl/α,β-unsaturated/α-hetero) is 1. The molecule has 0 saturated heterocycles. The van der Waals surface area contributed by atoms with Gasteiger partial charge >= 0.3 is 6.03 Å². The Morgan fingerprint density at radius 3 is 2.29 bits per heavy atom. The average Bonchev–Trinajstić information content (AvgIpc) is 2.81. The molecule has 0 aliphatic carbocycles. The number of amides is 4.